The summed E-state index contributed by atoms with van der Waals surface area (Å²) in [4.78, 5) is 7.02. The SMILES string of the molecule is Cc1nnc(CN=C(NCCN2CCOCC2)NCC(C)(O)c2ccsc2)n1C. The molecule has 2 aromatic heterocycles. The Hall–Kier alpha value is -2.01. The smallest absolute Gasteiger partial charge is 0.191 e. The van der Waals surface area contributed by atoms with Crippen LogP contribution >= 0.6 is 11.3 Å². The molecule has 1 aliphatic rings. The number of hydrogen-bond donors (Lipinski definition) is 3. The van der Waals surface area contributed by atoms with Gasteiger partial charge in [0.05, 0.1) is 19.8 Å². The molecule has 3 rings (SSSR count). The number of aliphatic imine (C=N–C) groups is 1. The number of ether oxygens (including phenoxy) is 1. The van der Waals surface area contributed by atoms with Gasteiger partial charge in [-0.1, -0.05) is 0 Å². The minimum Gasteiger partial charge on any atom is -0.384 e. The van der Waals surface area contributed by atoms with Gasteiger partial charge < -0.3 is 25.0 Å². The van der Waals surface area contributed by atoms with Crippen molar-refractivity contribution in [1.82, 2.24) is 30.3 Å². The minimum absolute atomic E-state index is 0.352. The fourth-order valence-corrected chi connectivity index (χ4v) is 3.78. The Kier molecular flexibility index (Phi) is 7.59. The maximum Gasteiger partial charge on any atom is 0.191 e. The van der Waals surface area contributed by atoms with Crippen molar-refractivity contribution in [2.24, 2.45) is 12.0 Å². The second-order valence-corrected chi connectivity index (χ2v) is 8.19. The van der Waals surface area contributed by atoms with Crippen molar-refractivity contribution in [3.63, 3.8) is 0 Å². The van der Waals surface area contributed by atoms with E-state index in [-0.39, 0.29) is 0 Å². The molecule has 10 heteroatoms. The van der Waals surface area contributed by atoms with Crippen LogP contribution in [0, 0.1) is 6.92 Å². The van der Waals surface area contributed by atoms with Gasteiger partial charge in [0.15, 0.2) is 11.8 Å². The standard InChI is InChI=1S/C19H31N7O2S/c1-15-23-24-17(25(15)3)12-21-18(20-5-6-26-7-9-28-10-8-26)22-14-19(2,27)16-4-11-29-13-16/h4,11,13,27H,5-10,12,14H2,1-3H3,(H2,20,21,22). The van der Waals surface area contributed by atoms with Crippen molar-refractivity contribution < 1.29 is 9.84 Å². The highest BCUT2D eigenvalue weighted by atomic mass is 32.1. The maximum atomic E-state index is 10.8. The number of rotatable bonds is 8. The summed E-state index contributed by atoms with van der Waals surface area (Å²) in [7, 11) is 1.93. The van der Waals surface area contributed by atoms with Crippen molar-refractivity contribution in [1.29, 1.82) is 0 Å². The van der Waals surface area contributed by atoms with E-state index in [0.29, 0.717) is 19.0 Å². The summed E-state index contributed by atoms with van der Waals surface area (Å²) in [5, 5.41) is 29.6. The molecule has 0 saturated carbocycles. The Morgan fingerprint density at radius 2 is 2.14 bits per heavy atom. The number of guanidine groups is 1. The van der Waals surface area contributed by atoms with Gasteiger partial charge in [0.1, 0.15) is 18.0 Å². The molecule has 1 aliphatic heterocycles. The van der Waals surface area contributed by atoms with E-state index in [0.717, 1.165) is 56.6 Å². The normalized spacial score (nSPS) is 17.9. The largest absolute Gasteiger partial charge is 0.384 e. The fourth-order valence-electron chi connectivity index (χ4n) is 3.00. The second kappa shape index (κ2) is 10.1. The van der Waals surface area contributed by atoms with E-state index >= 15 is 0 Å². The molecule has 3 N–H and O–H groups in total. The highest BCUT2D eigenvalue weighted by Gasteiger charge is 2.24. The number of morpholine rings is 1. The first-order valence-electron chi connectivity index (χ1n) is 9.88. The van der Waals surface area contributed by atoms with Crippen LogP contribution in [0.3, 0.4) is 0 Å². The maximum absolute atomic E-state index is 10.8. The molecule has 0 radical (unpaired) electrons. The Labute approximate surface area is 175 Å². The van der Waals surface area contributed by atoms with Crippen LogP contribution in [0.5, 0.6) is 0 Å². The molecule has 1 atom stereocenters. The third-order valence-electron chi connectivity index (χ3n) is 5.13. The van der Waals surface area contributed by atoms with Crippen molar-refractivity contribution in [3.8, 4) is 0 Å². The molecule has 29 heavy (non-hydrogen) atoms. The monoisotopic (exact) mass is 421 g/mol. The van der Waals surface area contributed by atoms with Crippen LogP contribution in [-0.2, 0) is 23.9 Å². The highest BCUT2D eigenvalue weighted by molar-refractivity contribution is 7.08. The van der Waals surface area contributed by atoms with Crippen LogP contribution in [0.1, 0.15) is 24.1 Å². The third kappa shape index (κ3) is 6.23. The first kappa shape index (κ1) is 21.7. The van der Waals surface area contributed by atoms with E-state index in [1.807, 2.05) is 35.4 Å². The number of thiophene rings is 1. The molecule has 3 heterocycles. The Morgan fingerprint density at radius 1 is 1.34 bits per heavy atom. The van der Waals surface area contributed by atoms with E-state index in [1.165, 1.54) is 0 Å². The number of nitrogens with zero attached hydrogens (tertiary/aromatic N) is 5. The van der Waals surface area contributed by atoms with Gasteiger partial charge in [-0.2, -0.15) is 11.3 Å². The van der Waals surface area contributed by atoms with Gasteiger partial charge in [0, 0.05) is 33.2 Å². The predicted octanol–water partition coefficient (Wildman–Crippen LogP) is 0.460. The molecular weight excluding hydrogens is 390 g/mol. The van der Waals surface area contributed by atoms with E-state index in [1.54, 1.807) is 18.3 Å². The molecule has 1 fully saturated rings. The lowest BCUT2D eigenvalue weighted by Gasteiger charge is -2.27. The minimum atomic E-state index is -0.978. The van der Waals surface area contributed by atoms with E-state index in [4.69, 9.17) is 4.74 Å². The number of aromatic nitrogens is 3. The molecule has 9 nitrogen and oxygen atoms in total. The molecule has 0 aromatic carbocycles. The fraction of sp³-hybridized carbons (Fsp3) is 0.632. The van der Waals surface area contributed by atoms with Crippen LogP contribution in [0.25, 0.3) is 0 Å². The molecular formula is C19H31N7O2S. The Balaban J connectivity index is 1.60. The van der Waals surface area contributed by atoms with Gasteiger partial charge in [0.25, 0.3) is 0 Å². The first-order valence-corrected chi connectivity index (χ1v) is 10.8. The van der Waals surface area contributed by atoms with Crippen molar-refractivity contribution in [2.75, 3.05) is 45.9 Å². The molecule has 1 saturated heterocycles. The van der Waals surface area contributed by atoms with Crippen LogP contribution in [0.4, 0.5) is 0 Å². The first-order chi connectivity index (χ1) is 14.0. The second-order valence-electron chi connectivity index (χ2n) is 7.41. The molecule has 1 unspecified atom stereocenters. The quantitative estimate of drug-likeness (QED) is 0.421. The third-order valence-corrected chi connectivity index (χ3v) is 5.81. The average Bonchev–Trinajstić information content (AvgIpc) is 3.37. The number of aryl methyl sites for hydroxylation is 1. The van der Waals surface area contributed by atoms with Gasteiger partial charge in [-0.3, -0.25) is 4.90 Å². The van der Waals surface area contributed by atoms with Crippen LogP contribution in [0.15, 0.2) is 21.8 Å². The zero-order chi connectivity index (χ0) is 20.7. The Morgan fingerprint density at radius 3 is 2.79 bits per heavy atom. The zero-order valence-electron chi connectivity index (χ0n) is 17.4. The van der Waals surface area contributed by atoms with Crippen LogP contribution in [-0.4, -0.2) is 76.7 Å². The lowest BCUT2D eigenvalue weighted by Crippen LogP contribution is -2.47. The van der Waals surface area contributed by atoms with Gasteiger partial charge >= 0.3 is 0 Å². The van der Waals surface area contributed by atoms with Gasteiger partial charge in [0.2, 0.25) is 0 Å². The molecule has 2 aromatic rings. The molecule has 0 aliphatic carbocycles. The van der Waals surface area contributed by atoms with Gasteiger partial charge in [-0.25, -0.2) is 4.99 Å². The Bertz CT molecular complexity index is 783. The van der Waals surface area contributed by atoms with Crippen LogP contribution < -0.4 is 10.6 Å². The van der Waals surface area contributed by atoms with Crippen molar-refractivity contribution in [2.45, 2.75) is 26.0 Å². The summed E-state index contributed by atoms with van der Waals surface area (Å²) in [6, 6.07) is 1.94. The van der Waals surface area contributed by atoms with Crippen LogP contribution in [0.2, 0.25) is 0 Å². The lowest BCUT2D eigenvalue weighted by atomic mass is 9.99. The van der Waals surface area contributed by atoms with E-state index in [2.05, 4.69) is 30.7 Å². The van der Waals surface area contributed by atoms with Gasteiger partial charge in [-0.15, -0.1) is 10.2 Å². The molecule has 0 amide bonds. The topological polar surface area (TPSA) is 99.8 Å². The predicted molar refractivity (Wildman–Crippen MR) is 114 cm³/mol. The van der Waals surface area contributed by atoms with Gasteiger partial charge in [-0.05, 0) is 36.2 Å². The highest BCUT2D eigenvalue weighted by Crippen LogP contribution is 2.21. The number of aliphatic hydroxyl groups is 1. The molecule has 160 valence electrons. The average molecular weight is 422 g/mol. The number of nitrogens with one attached hydrogen (secondary N) is 2. The van der Waals surface area contributed by atoms with E-state index < -0.39 is 5.60 Å². The van der Waals surface area contributed by atoms with Crippen molar-refractivity contribution >= 4 is 17.3 Å². The summed E-state index contributed by atoms with van der Waals surface area (Å²) in [5.41, 5.74) is -0.0832. The van der Waals surface area contributed by atoms with Crippen molar-refractivity contribution in [3.05, 3.63) is 34.0 Å². The summed E-state index contributed by atoms with van der Waals surface area (Å²) < 4.78 is 7.33. The summed E-state index contributed by atoms with van der Waals surface area (Å²) in [6.45, 7) is 9.62. The lowest BCUT2D eigenvalue weighted by molar-refractivity contribution is 0.0388. The molecule has 0 spiro atoms. The molecule has 0 bridgehead atoms. The summed E-state index contributed by atoms with van der Waals surface area (Å²) in [6.07, 6.45) is 0. The zero-order valence-corrected chi connectivity index (χ0v) is 18.2. The van der Waals surface area contributed by atoms with E-state index in [9.17, 15) is 5.11 Å². The summed E-state index contributed by atoms with van der Waals surface area (Å²) >= 11 is 1.57. The number of hydrogen-bond acceptors (Lipinski definition) is 7. The summed E-state index contributed by atoms with van der Waals surface area (Å²) in [5.74, 6) is 2.29.